The monoisotopic (exact) mass is 435 g/mol. The number of halogens is 3. The van der Waals surface area contributed by atoms with Crippen LogP contribution in [0.5, 0.6) is 11.5 Å². The summed E-state index contributed by atoms with van der Waals surface area (Å²) >= 11 is 6.07. The average molecular weight is 436 g/mol. The third-order valence-corrected chi connectivity index (χ3v) is 4.99. The zero-order chi connectivity index (χ0) is 21.4. The first kappa shape index (κ1) is 19.9. The Morgan fingerprint density at radius 1 is 1.37 bits per heavy atom. The van der Waals surface area contributed by atoms with E-state index < -0.39 is 29.5 Å². The van der Waals surface area contributed by atoms with Crippen LogP contribution in [0.4, 0.5) is 19.3 Å². The van der Waals surface area contributed by atoms with E-state index in [-0.39, 0.29) is 22.4 Å². The number of fused-ring (bicyclic) bond motifs is 1. The minimum Gasteiger partial charge on any atom is -0.450 e. The third kappa shape index (κ3) is 3.73. The van der Waals surface area contributed by atoms with Gasteiger partial charge in [0.2, 0.25) is 5.91 Å². The maximum Gasteiger partial charge on any atom is 0.319 e. The number of nitrogens with zero attached hydrogens (tertiary/aromatic N) is 2. The first-order valence-corrected chi connectivity index (χ1v) is 9.32. The van der Waals surface area contributed by atoms with Crippen LogP contribution in [0.3, 0.4) is 0 Å². The van der Waals surface area contributed by atoms with Crippen LogP contribution in [0.1, 0.15) is 6.42 Å². The van der Waals surface area contributed by atoms with Crippen LogP contribution in [0.15, 0.2) is 30.6 Å². The van der Waals surface area contributed by atoms with E-state index in [0.29, 0.717) is 24.0 Å². The standard InChI is InChI=1S/C19H16ClF2N5O3/c1-27-5-3-13(18(27)28)26-19(29)25-9-6-11(21)16(12(22)7-9)30-14-2-4-23-17-15(14)10(20)8-24-17/h2,4,6-8,13H,3,5H2,1H3,(H,23,24)(H2,25,26,29). The summed E-state index contributed by atoms with van der Waals surface area (Å²) in [6.07, 6.45) is 3.35. The topological polar surface area (TPSA) is 99.3 Å². The Morgan fingerprint density at radius 2 is 2.10 bits per heavy atom. The molecule has 1 saturated heterocycles. The number of pyridine rings is 1. The number of carbonyl (C=O) groups is 2. The normalized spacial score (nSPS) is 16.2. The lowest BCUT2D eigenvalue weighted by atomic mass is 10.2. The van der Waals surface area contributed by atoms with Gasteiger partial charge in [-0.1, -0.05) is 11.6 Å². The summed E-state index contributed by atoms with van der Waals surface area (Å²) in [5, 5.41) is 5.47. The van der Waals surface area contributed by atoms with E-state index in [1.165, 1.54) is 23.4 Å². The Morgan fingerprint density at radius 3 is 2.77 bits per heavy atom. The smallest absolute Gasteiger partial charge is 0.319 e. The molecular formula is C19H16ClF2N5O3. The van der Waals surface area contributed by atoms with Crippen molar-refractivity contribution in [1.29, 1.82) is 0 Å². The molecule has 0 radical (unpaired) electrons. The Labute approximate surface area is 174 Å². The number of carbonyl (C=O) groups excluding carboxylic acids is 2. The van der Waals surface area contributed by atoms with Gasteiger partial charge in [-0.05, 0) is 12.5 Å². The second kappa shape index (κ2) is 7.79. The molecule has 3 amide bonds. The lowest BCUT2D eigenvalue weighted by Crippen LogP contribution is -2.42. The quantitative estimate of drug-likeness (QED) is 0.582. The van der Waals surface area contributed by atoms with Gasteiger partial charge in [0.15, 0.2) is 17.4 Å². The number of aromatic nitrogens is 2. The van der Waals surface area contributed by atoms with Crippen molar-refractivity contribution in [1.82, 2.24) is 20.2 Å². The fraction of sp³-hybridized carbons (Fsp3) is 0.211. The Balaban J connectivity index is 1.51. The van der Waals surface area contributed by atoms with Crippen molar-refractivity contribution in [2.24, 2.45) is 0 Å². The van der Waals surface area contributed by atoms with Crippen molar-refractivity contribution in [2.45, 2.75) is 12.5 Å². The molecule has 1 aromatic carbocycles. The van der Waals surface area contributed by atoms with Crippen LogP contribution in [0.25, 0.3) is 11.0 Å². The van der Waals surface area contributed by atoms with Crippen molar-refractivity contribution in [2.75, 3.05) is 18.9 Å². The highest BCUT2D eigenvalue weighted by atomic mass is 35.5. The van der Waals surface area contributed by atoms with Crippen LogP contribution in [-0.4, -0.2) is 46.4 Å². The first-order valence-electron chi connectivity index (χ1n) is 8.94. The van der Waals surface area contributed by atoms with E-state index in [0.717, 1.165) is 12.1 Å². The number of likely N-dealkylation sites (N-methyl/N-ethyl adjacent to an activating group) is 1. The summed E-state index contributed by atoms with van der Waals surface area (Å²) < 4.78 is 34.5. The number of rotatable bonds is 4. The van der Waals surface area contributed by atoms with Gasteiger partial charge in [-0.2, -0.15) is 0 Å². The molecule has 0 bridgehead atoms. The molecule has 1 atom stereocenters. The lowest BCUT2D eigenvalue weighted by molar-refractivity contribution is -0.128. The largest absolute Gasteiger partial charge is 0.450 e. The molecule has 0 saturated carbocycles. The van der Waals surface area contributed by atoms with E-state index in [9.17, 15) is 18.4 Å². The highest BCUT2D eigenvalue weighted by molar-refractivity contribution is 6.36. The van der Waals surface area contributed by atoms with Gasteiger partial charge in [0.25, 0.3) is 0 Å². The molecule has 1 unspecified atom stereocenters. The fourth-order valence-corrected chi connectivity index (χ4v) is 3.43. The van der Waals surface area contributed by atoms with Crippen LogP contribution in [0, 0.1) is 11.6 Å². The number of hydrogen-bond donors (Lipinski definition) is 3. The molecule has 3 aromatic rings. The molecule has 8 nitrogen and oxygen atoms in total. The number of urea groups is 1. The molecule has 3 heterocycles. The highest BCUT2D eigenvalue weighted by Gasteiger charge is 2.30. The molecule has 1 aliphatic heterocycles. The summed E-state index contributed by atoms with van der Waals surface area (Å²) in [6, 6.07) is 1.84. The van der Waals surface area contributed by atoms with Crippen LogP contribution < -0.4 is 15.4 Å². The molecule has 1 aliphatic rings. The number of aromatic amines is 1. The van der Waals surface area contributed by atoms with Gasteiger partial charge in [-0.3, -0.25) is 4.79 Å². The molecule has 156 valence electrons. The molecule has 30 heavy (non-hydrogen) atoms. The summed E-state index contributed by atoms with van der Waals surface area (Å²) in [4.78, 5) is 32.3. The van der Waals surface area contributed by atoms with Gasteiger partial charge in [0.05, 0.1) is 10.4 Å². The van der Waals surface area contributed by atoms with E-state index in [1.54, 1.807) is 7.05 Å². The third-order valence-electron chi connectivity index (χ3n) is 4.69. The second-order valence-electron chi connectivity index (χ2n) is 6.74. The average Bonchev–Trinajstić information content (AvgIpc) is 3.22. The molecule has 0 aliphatic carbocycles. The maximum atomic E-state index is 14.5. The number of nitrogens with one attached hydrogen (secondary N) is 3. The SMILES string of the molecule is CN1CCC(NC(=O)Nc2cc(F)c(Oc3ccnc4[nH]cc(Cl)c34)c(F)c2)C1=O. The molecule has 4 rings (SSSR count). The van der Waals surface area contributed by atoms with Gasteiger partial charge >= 0.3 is 6.03 Å². The van der Waals surface area contributed by atoms with Crippen molar-refractivity contribution >= 4 is 40.3 Å². The van der Waals surface area contributed by atoms with Crippen molar-refractivity contribution in [3.8, 4) is 11.5 Å². The summed E-state index contributed by atoms with van der Waals surface area (Å²) in [5.41, 5.74) is 0.272. The van der Waals surface area contributed by atoms with Crippen molar-refractivity contribution in [3.05, 3.63) is 47.2 Å². The van der Waals surface area contributed by atoms with E-state index in [2.05, 4.69) is 20.6 Å². The molecule has 0 spiro atoms. The number of H-pyrrole nitrogens is 1. The van der Waals surface area contributed by atoms with Gasteiger partial charge in [0, 0.05) is 43.8 Å². The number of amides is 3. The molecular weight excluding hydrogens is 420 g/mol. The minimum absolute atomic E-state index is 0.117. The molecule has 3 N–H and O–H groups in total. The van der Waals surface area contributed by atoms with Crippen molar-refractivity contribution < 1.29 is 23.1 Å². The number of ether oxygens (including phenoxy) is 1. The lowest BCUT2D eigenvalue weighted by Gasteiger charge is -2.14. The number of benzene rings is 1. The van der Waals surface area contributed by atoms with E-state index >= 15 is 0 Å². The second-order valence-corrected chi connectivity index (χ2v) is 7.15. The molecule has 1 fully saturated rings. The number of hydrogen-bond acceptors (Lipinski definition) is 4. The van der Waals surface area contributed by atoms with Gasteiger partial charge < -0.3 is 25.3 Å². The Kier molecular flexibility index (Phi) is 5.17. The summed E-state index contributed by atoms with van der Waals surface area (Å²) in [5.74, 6) is -2.82. The van der Waals surface area contributed by atoms with Gasteiger partial charge in [-0.15, -0.1) is 0 Å². The highest BCUT2D eigenvalue weighted by Crippen LogP contribution is 2.36. The minimum atomic E-state index is -1.03. The van der Waals surface area contributed by atoms with Crippen LogP contribution in [0.2, 0.25) is 5.02 Å². The van der Waals surface area contributed by atoms with E-state index in [4.69, 9.17) is 16.3 Å². The first-order chi connectivity index (χ1) is 14.3. The predicted octanol–water partition coefficient (Wildman–Crippen LogP) is 3.64. The van der Waals surface area contributed by atoms with Crippen molar-refractivity contribution in [3.63, 3.8) is 0 Å². The predicted molar refractivity (Wildman–Crippen MR) is 106 cm³/mol. The maximum absolute atomic E-state index is 14.5. The number of likely N-dealkylation sites (tertiary alicyclic amines) is 1. The van der Waals surface area contributed by atoms with Gasteiger partial charge in [-0.25, -0.2) is 18.6 Å². The molecule has 2 aromatic heterocycles. The fourth-order valence-electron chi connectivity index (χ4n) is 3.19. The Bertz CT molecular complexity index is 1130. The van der Waals surface area contributed by atoms with Gasteiger partial charge in [0.1, 0.15) is 17.4 Å². The summed E-state index contributed by atoms with van der Waals surface area (Å²) in [7, 11) is 1.63. The number of anilines is 1. The molecule has 11 heteroatoms. The zero-order valence-electron chi connectivity index (χ0n) is 15.6. The summed E-state index contributed by atoms with van der Waals surface area (Å²) in [6.45, 7) is 0.520. The van der Waals surface area contributed by atoms with E-state index in [1.807, 2.05) is 0 Å². The van der Waals surface area contributed by atoms with Crippen LogP contribution in [-0.2, 0) is 4.79 Å². The van der Waals surface area contributed by atoms with Crippen LogP contribution >= 0.6 is 11.6 Å². The Hall–Kier alpha value is -3.40. The zero-order valence-corrected chi connectivity index (χ0v) is 16.4.